The Kier molecular flexibility index (Phi) is 3.47. The van der Waals surface area contributed by atoms with Gasteiger partial charge in [-0.3, -0.25) is 9.78 Å². The van der Waals surface area contributed by atoms with Gasteiger partial charge < -0.3 is 30.9 Å². The van der Waals surface area contributed by atoms with E-state index in [0.717, 1.165) is 0 Å². The summed E-state index contributed by atoms with van der Waals surface area (Å²) in [6.07, 6.45) is -1.09. The molecule has 9 nitrogen and oxygen atoms in total. The van der Waals surface area contributed by atoms with Gasteiger partial charge in [0.05, 0.1) is 18.9 Å². The highest BCUT2D eigenvalue weighted by Crippen LogP contribution is 2.37. The van der Waals surface area contributed by atoms with Crippen molar-refractivity contribution in [3.8, 4) is 0 Å². The van der Waals surface area contributed by atoms with Crippen molar-refractivity contribution in [2.45, 2.75) is 31.8 Å². The number of aliphatic hydroxyl groups excluding tert-OH is 2. The van der Waals surface area contributed by atoms with Crippen molar-refractivity contribution in [1.29, 1.82) is 0 Å². The molecule has 4 atom stereocenters. The lowest BCUT2D eigenvalue weighted by atomic mass is 9.96. The second-order valence-corrected chi connectivity index (χ2v) is 5.35. The van der Waals surface area contributed by atoms with Crippen LogP contribution in [-0.2, 0) is 4.74 Å². The summed E-state index contributed by atoms with van der Waals surface area (Å²) in [5, 5.41) is 22.3. The van der Waals surface area contributed by atoms with Crippen LogP contribution in [0.1, 0.15) is 13.3 Å². The maximum atomic E-state index is 11.8. The molecule has 3 rings (SSSR count). The summed E-state index contributed by atoms with van der Waals surface area (Å²) in [6.45, 7) is 2.06. The molecule has 0 bridgehead atoms. The van der Waals surface area contributed by atoms with Crippen molar-refractivity contribution in [2.24, 2.45) is 5.92 Å². The molecular formula is C12H19N5O4. The number of rotatable bonds is 3. The summed E-state index contributed by atoms with van der Waals surface area (Å²) in [6, 6.07) is 0. The van der Waals surface area contributed by atoms with Gasteiger partial charge in [0.15, 0.2) is 5.82 Å². The second-order valence-electron chi connectivity index (χ2n) is 5.35. The van der Waals surface area contributed by atoms with E-state index in [0.29, 0.717) is 24.6 Å². The number of hydrogen-bond donors (Lipinski definition) is 5. The first kappa shape index (κ1) is 14.1. The largest absolute Gasteiger partial charge is 0.396 e. The predicted octanol–water partition coefficient (Wildman–Crippen LogP) is -1.35. The standard InChI is InChI=1S/C12H19N5O4/c1-5-8(19)6(2-3-18)11(21-5)17-4-14-7-9(17)15-12(13)16-10(7)20/h5-6,8,11,14,18-19H,2-4H2,1H3,(H3,13,15,16,20)/t5?,6?,8-,11?/m1/s1. The number of hydrogen-bond acceptors (Lipinski definition) is 8. The van der Waals surface area contributed by atoms with Crippen molar-refractivity contribution >= 4 is 17.5 Å². The molecule has 6 N–H and O–H groups in total. The Hall–Kier alpha value is -1.84. The van der Waals surface area contributed by atoms with Crippen LogP contribution in [0.25, 0.3) is 0 Å². The summed E-state index contributed by atoms with van der Waals surface area (Å²) in [7, 11) is 0. The molecule has 1 aromatic rings. The van der Waals surface area contributed by atoms with Crippen LogP contribution in [0.2, 0.25) is 0 Å². The van der Waals surface area contributed by atoms with Crippen LogP contribution >= 0.6 is 0 Å². The molecule has 2 aliphatic heterocycles. The lowest BCUT2D eigenvalue weighted by Crippen LogP contribution is -2.41. The third kappa shape index (κ3) is 2.23. The highest BCUT2D eigenvalue weighted by molar-refractivity contribution is 5.71. The number of ether oxygens (including phenoxy) is 1. The van der Waals surface area contributed by atoms with Crippen LogP contribution in [-0.4, -0.2) is 51.9 Å². The van der Waals surface area contributed by atoms with E-state index in [9.17, 15) is 15.0 Å². The van der Waals surface area contributed by atoms with E-state index in [1.165, 1.54) is 0 Å². The molecule has 0 saturated carbocycles. The third-order valence-electron chi connectivity index (χ3n) is 4.03. The van der Waals surface area contributed by atoms with E-state index in [4.69, 9.17) is 10.5 Å². The molecule has 1 fully saturated rings. The van der Waals surface area contributed by atoms with Gasteiger partial charge in [-0.1, -0.05) is 0 Å². The number of nitrogens with zero attached hydrogens (tertiary/aromatic N) is 2. The molecule has 1 aromatic heterocycles. The SMILES string of the molecule is CC1OC(N2CNc3c2nc(N)[nH]c3=O)C(CCO)[C@@H]1O. The molecule has 0 aliphatic carbocycles. The Balaban J connectivity index is 1.95. The van der Waals surface area contributed by atoms with E-state index in [-0.39, 0.29) is 30.1 Å². The Bertz CT molecular complexity index is 592. The van der Waals surface area contributed by atoms with Gasteiger partial charge in [0.2, 0.25) is 5.95 Å². The van der Waals surface area contributed by atoms with E-state index in [1.807, 2.05) is 0 Å². The minimum atomic E-state index is -0.675. The number of aromatic nitrogens is 2. The number of nitrogens with one attached hydrogen (secondary N) is 2. The fourth-order valence-corrected chi connectivity index (χ4v) is 2.98. The Morgan fingerprint density at radius 3 is 3.05 bits per heavy atom. The minimum Gasteiger partial charge on any atom is -0.396 e. The number of H-pyrrole nitrogens is 1. The highest BCUT2D eigenvalue weighted by Gasteiger charge is 2.46. The number of fused-ring (bicyclic) bond motifs is 1. The average Bonchev–Trinajstić information content (AvgIpc) is 2.95. The smallest absolute Gasteiger partial charge is 0.277 e. The highest BCUT2D eigenvalue weighted by atomic mass is 16.5. The summed E-state index contributed by atoms with van der Waals surface area (Å²) >= 11 is 0. The van der Waals surface area contributed by atoms with Gasteiger partial charge in [-0.2, -0.15) is 4.98 Å². The number of aromatic amines is 1. The van der Waals surface area contributed by atoms with Gasteiger partial charge >= 0.3 is 0 Å². The van der Waals surface area contributed by atoms with Gasteiger partial charge in [-0.25, -0.2) is 0 Å². The number of nitrogen functional groups attached to an aromatic ring is 1. The van der Waals surface area contributed by atoms with Crippen molar-refractivity contribution in [3.63, 3.8) is 0 Å². The van der Waals surface area contributed by atoms with E-state index < -0.39 is 12.3 Å². The molecule has 3 unspecified atom stereocenters. The first-order valence-corrected chi connectivity index (χ1v) is 6.87. The molecule has 0 spiro atoms. The van der Waals surface area contributed by atoms with Crippen LogP contribution in [0, 0.1) is 5.92 Å². The molecule has 116 valence electrons. The van der Waals surface area contributed by atoms with Crippen LogP contribution in [0.4, 0.5) is 17.5 Å². The Morgan fingerprint density at radius 1 is 1.57 bits per heavy atom. The third-order valence-corrected chi connectivity index (χ3v) is 4.03. The van der Waals surface area contributed by atoms with Gasteiger partial charge in [0, 0.05) is 12.5 Å². The number of aliphatic hydroxyl groups is 2. The maximum Gasteiger partial charge on any atom is 0.277 e. The van der Waals surface area contributed by atoms with Gasteiger partial charge in [0.1, 0.15) is 11.9 Å². The average molecular weight is 297 g/mol. The lowest BCUT2D eigenvalue weighted by molar-refractivity contribution is 0.0215. The second kappa shape index (κ2) is 5.17. The van der Waals surface area contributed by atoms with Gasteiger partial charge in [-0.15, -0.1) is 0 Å². The zero-order valence-electron chi connectivity index (χ0n) is 11.6. The molecule has 0 radical (unpaired) electrons. The topological polar surface area (TPSA) is 137 Å². The molecule has 3 heterocycles. The Morgan fingerprint density at radius 2 is 2.33 bits per heavy atom. The van der Waals surface area contributed by atoms with E-state index >= 15 is 0 Å². The summed E-state index contributed by atoms with van der Waals surface area (Å²) in [4.78, 5) is 20.2. The van der Waals surface area contributed by atoms with Crippen LogP contribution < -0.4 is 21.5 Å². The first-order chi connectivity index (χ1) is 10.0. The molecule has 0 amide bonds. The maximum absolute atomic E-state index is 11.8. The predicted molar refractivity (Wildman–Crippen MR) is 75.8 cm³/mol. The van der Waals surface area contributed by atoms with Crippen molar-refractivity contribution < 1.29 is 14.9 Å². The zero-order chi connectivity index (χ0) is 15.1. The van der Waals surface area contributed by atoms with Crippen molar-refractivity contribution in [1.82, 2.24) is 9.97 Å². The molecule has 9 heteroatoms. The quantitative estimate of drug-likeness (QED) is 0.461. The number of anilines is 3. The molecule has 21 heavy (non-hydrogen) atoms. The fraction of sp³-hybridized carbons (Fsp3) is 0.667. The molecular weight excluding hydrogens is 278 g/mol. The Labute approximate surface area is 120 Å². The van der Waals surface area contributed by atoms with Gasteiger partial charge in [0.25, 0.3) is 5.56 Å². The summed E-state index contributed by atoms with van der Waals surface area (Å²) < 4.78 is 5.79. The monoisotopic (exact) mass is 297 g/mol. The van der Waals surface area contributed by atoms with Crippen molar-refractivity contribution in [3.05, 3.63) is 10.4 Å². The fourth-order valence-electron chi connectivity index (χ4n) is 2.98. The molecule has 2 aliphatic rings. The van der Waals surface area contributed by atoms with Gasteiger partial charge in [-0.05, 0) is 13.3 Å². The lowest BCUT2D eigenvalue weighted by Gasteiger charge is -2.29. The van der Waals surface area contributed by atoms with Crippen molar-refractivity contribution in [2.75, 3.05) is 29.2 Å². The molecule has 1 saturated heterocycles. The number of nitrogens with two attached hydrogens (primary N) is 1. The molecule has 0 aromatic carbocycles. The van der Waals surface area contributed by atoms with Crippen LogP contribution in [0.5, 0.6) is 0 Å². The van der Waals surface area contributed by atoms with E-state index in [2.05, 4.69) is 15.3 Å². The summed E-state index contributed by atoms with van der Waals surface area (Å²) in [5.74, 6) is 0.170. The summed E-state index contributed by atoms with van der Waals surface area (Å²) in [5.41, 5.74) is 5.58. The minimum absolute atomic E-state index is 0.0257. The van der Waals surface area contributed by atoms with E-state index in [1.54, 1.807) is 11.8 Å². The zero-order valence-corrected chi connectivity index (χ0v) is 11.6. The van der Waals surface area contributed by atoms with Crippen LogP contribution in [0.15, 0.2) is 4.79 Å². The van der Waals surface area contributed by atoms with Crippen LogP contribution in [0.3, 0.4) is 0 Å². The normalized spacial score (nSPS) is 31.3. The first-order valence-electron chi connectivity index (χ1n) is 6.87.